The molecule has 0 rings (SSSR count). The molecule has 0 aromatic carbocycles. The van der Waals surface area contributed by atoms with Crippen LogP contribution in [0.2, 0.25) is 0 Å². The fourth-order valence-electron chi connectivity index (χ4n) is 1.79. The van der Waals surface area contributed by atoms with Crippen molar-refractivity contribution in [2.24, 2.45) is 11.7 Å². The second kappa shape index (κ2) is 6.21. The van der Waals surface area contributed by atoms with Gasteiger partial charge < -0.3 is 15.8 Å². The van der Waals surface area contributed by atoms with Gasteiger partial charge in [0, 0.05) is 13.2 Å². The first-order chi connectivity index (χ1) is 7.19. The molecule has 2 atom stereocenters. The van der Waals surface area contributed by atoms with Crippen LogP contribution in [0.1, 0.15) is 41.0 Å². The monoisotopic (exact) mass is 230 g/mol. The first-order valence-corrected chi connectivity index (χ1v) is 5.80. The number of rotatable bonds is 7. The number of carbonyl (C=O) groups excluding carboxylic acids is 1. The summed E-state index contributed by atoms with van der Waals surface area (Å²) in [5.41, 5.74) is 5.16. The average Bonchev–Trinajstić information content (AvgIpc) is 2.12. The molecule has 0 radical (unpaired) electrons. The molecule has 2 unspecified atom stereocenters. The Morgan fingerprint density at radius 1 is 1.38 bits per heavy atom. The molecule has 3 N–H and O–H groups in total. The van der Waals surface area contributed by atoms with Crippen LogP contribution in [-0.2, 0) is 9.53 Å². The van der Waals surface area contributed by atoms with Crippen molar-refractivity contribution in [3.8, 4) is 0 Å². The molecule has 0 aliphatic heterocycles. The Bertz CT molecular complexity index is 227. The van der Waals surface area contributed by atoms with Gasteiger partial charge >= 0.3 is 0 Å². The van der Waals surface area contributed by atoms with E-state index in [1.54, 1.807) is 7.11 Å². The number of ether oxygens (including phenoxy) is 1. The van der Waals surface area contributed by atoms with E-state index in [2.05, 4.69) is 5.32 Å². The molecule has 4 heteroatoms. The third-order valence-corrected chi connectivity index (χ3v) is 2.79. The molecule has 0 aromatic heterocycles. The second-order valence-corrected chi connectivity index (χ2v) is 5.36. The van der Waals surface area contributed by atoms with E-state index in [-0.39, 0.29) is 29.5 Å². The molecule has 16 heavy (non-hydrogen) atoms. The van der Waals surface area contributed by atoms with Gasteiger partial charge in [-0.15, -0.1) is 0 Å². The highest BCUT2D eigenvalue weighted by Gasteiger charge is 2.25. The third-order valence-electron chi connectivity index (χ3n) is 2.79. The van der Waals surface area contributed by atoms with Crippen molar-refractivity contribution in [1.29, 1.82) is 0 Å². The molecule has 0 bridgehead atoms. The number of hydrogen-bond donors (Lipinski definition) is 2. The molecule has 0 aromatic rings. The van der Waals surface area contributed by atoms with Crippen LogP contribution in [0.5, 0.6) is 0 Å². The van der Waals surface area contributed by atoms with E-state index in [1.807, 2.05) is 34.6 Å². The second-order valence-electron chi connectivity index (χ2n) is 5.36. The predicted molar refractivity (Wildman–Crippen MR) is 66.1 cm³/mol. The lowest BCUT2D eigenvalue weighted by Gasteiger charge is -2.30. The van der Waals surface area contributed by atoms with Crippen LogP contribution >= 0.6 is 0 Å². The summed E-state index contributed by atoms with van der Waals surface area (Å²) in [6, 6.07) is -0.0856. The average molecular weight is 230 g/mol. The summed E-state index contributed by atoms with van der Waals surface area (Å²) in [6.45, 7) is 10.1. The molecular formula is C12H26N2O2. The number of nitrogens with one attached hydrogen (secondary N) is 1. The van der Waals surface area contributed by atoms with Crippen molar-refractivity contribution in [1.82, 2.24) is 5.32 Å². The Labute approximate surface area is 98.9 Å². The number of carbonyl (C=O) groups is 1. The Hall–Kier alpha value is -0.610. The molecule has 0 saturated heterocycles. The molecule has 0 aliphatic rings. The summed E-state index contributed by atoms with van der Waals surface area (Å²) < 4.78 is 5.35. The summed E-state index contributed by atoms with van der Waals surface area (Å²) in [7, 11) is 1.70. The Morgan fingerprint density at radius 2 is 1.88 bits per heavy atom. The van der Waals surface area contributed by atoms with E-state index in [0.29, 0.717) is 0 Å². The van der Waals surface area contributed by atoms with Crippen molar-refractivity contribution in [2.75, 3.05) is 7.11 Å². The van der Waals surface area contributed by atoms with Gasteiger partial charge in [0.05, 0.1) is 11.6 Å². The van der Waals surface area contributed by atoms with Crippen molar-refractivity contribution in [2.45, 2.75) is 58.7 Å². The number of nitrogens with two attached hydrogens (primary N) is 1. The highest BCUT2D eigenvalue weighted by molar-refractivity contribution is 5.80. The van der Waals surface area contributed by atoms with Crippen LogP contribution in [0.3, 0.4) is 0 Å². The minimum absolute atomic E-state index is 0.189. The van der Waals surface area contributed by atoms with E-state index < -0.39 is 0 Å². The SMILES string of the molecule is COC(C)(C)CC(C)NC(C(N)=O)C(C)C. The van der Waals surface area contributed by atoms with Crippen molar-refractivity contribution in [3.63, 3.8) is 0 Å². The van der Waals surface area contributed by atoms with Crippen molar-refractivity contribution >= 4 is 5.91 Å². The van der Waals surface area contributed by atoms with Crippen LogP contribution in [-0.4, -0.2) is 30.7 Å². The van der Waals surface area contributed by atoms with Gasteiger partial charge in [-0.1, -0.05) is 13.8 Å². The molecule has 0 spiro atoms. The minimum Gasteiger partial charge on any atom is -0.379 e. The third kappa shape index (κ3) is 5.47. The maximum absolute atomic E-state index is 11.2. The maximum atomic E-state index is 11.2. The van der Waals surface area contributed by atoms with E-state index >= 15 is 0 Å². The van der Waals surface area contributed by atoms with Gasteiger partial charge in [-0.05, 0) is 33.1 Å². The van der Waals surface area contributed by atoms with Crippen LogP contribution in [0.25, 0.3) is 0 Å². The Kier molecular flexibility index (Phi) is 5.97. The summed E-state index contributed by atoms with van der Waals surface area (Å²) in [5, 5.41) is 3.25. The summed E-state index contributed by atoms with van der Waals surface area (Å²) >= 11 is 0. The van der Waals surface area contributed by atoms with E-state index in [9.17, 15) is 4.79 Å². The minimum atomic E-state index is -0.294. The molecule has 0 heterocycles. The number of methoxy groups -OCH3 is 1. The topological polar surface area (TPSA) is 64.3 Å². The zero-order valence-corrected chi connectivity index (χ0v) is 11.3. The molecule has 1 amide bonds. The van der Waals surface area contributed by atoms with Crippen LogP contribution < -0.4 is 11.1 Å². The molecule has 0 saturated carbocycles. The quantitative estimate of drug-likeness (QED) is 0.692. The van der Waals surface area contributed by atoms with Crippen LogP contribution in [0, 0.1) is 5.92 Å². The number of amides is 1. The van der Waals surface area contributed by atoms with Crippen molar-refractivity contribution in [3.05, 3.63) is 0 Å². The highest BCUT2D eigenvalue weighted by atomic mass is 16.5. The standard InChI is InChI=1S/C12H26N2O2/c1-8(2)10(11(13)15)14-9(3)7-12(4,5)16-6/h8-10,14H,7H2,1-6H3,(H2,13,15). The van der Waals surface area contributed by atoms with Gasteiger partial charge in [-0.25, -0.2) is 0 Å². The van der Waals surface area contributed by atoms with Crippen LogP contribution in [0.15, 0.2) is 0 Å². The first-order valence-electron chi connectivity index (χ1n) is 5.80. The lowest BCUT2D eigenvalue weighted by molar-refractivity contribution is -0.121. The fraction of sp³-hybridized carbons (Fsp3) is 0.917. The predicted octanol–water partition coefficient (Wildman–Crippen LogP) is 1.29. The number of primary amides is 1. The zero-order valence-electron chi connectivity index (χ0n) is 11.3. The molecule has 0 aliphatic carbocycles. The van der Waals surface area contributed by atoms with Gasteiger partial charge in [-0.3, -0.25) is 4.79 Å². The normalized spacial score (nSPS) is 16.2. The smallest absolute Gasteiger partial charge is 0.234 e. The maximum Gasteiger partial charge on any atom is 0.234 e. The molecule has 4 nitrogen and oxygen atoms in total. The van der Waals surface area contributed by atoms with Crippen LogP contribution in [0.4, 0.5) is 0 Å². The van der Waals surface area contributed by atoms with Gasteiger partial charge in [-0.2, -0.15) is 0 Å². The Morgan fingerprint density at radius 3 is 2.19 bits per heavy atom. The molecule has 96 valence electrons. The summed E-state index contributed by atoms with van der Waals surface area (Å²) in [5.74, 6) is -0.0947. The van der Waals surface area contributed by atoms with E-state index in [1.165, 1.54) is 0 Å². The zero-order chi connectivity index (χ0) is 12.9. The van der Waals surface area contributed by atoms with Crippen molar-refractivity contribution < 1.29 is 9.53 Å². The highest BCUT2D eigenvalue weighted by Crippen LogP contribution is 2.16. The lowest BCUT2D eigenvalue weighted by atomic mass is 9.97. The van der Waals surface area contributed by atoms with Gasteiger partial charge in [0.1, 0.15) is 0 Å². The largest absolute Gasteiger partial charge is 0.379 e. The van der Waals surface area contributed by atoms with Gasteiger partial charge in [0.2, 0.25) is 5.91 Å². The van der Waals surface area contributed by atoms with E-state index in [4.69, 9.17) is 10.5 Å². The van der Waals surface area contributed by atoms with Gasteiger partial charge in [0.25, 0.3) is 0 Å². The molecule has 0 fully saturated rings. The fourth-order valence-corrected chi connectivity index (χ4v) is 1.79. The lowest BCUT2D eigenvalue weighted by Crippen LogP contribution is -2.50. The number of hydrogen-bond acceptors (Lipinski definition) is 3. The first kappa shape index (κ1) is 15.4. The van der Waals surface area contributed by atoms with E-state index in [0.717, 1.165) is 6.42 Å². The Balaban J connectivity index is 4.31. The summed E-state index contributed by atoms with van der Waals surface area (Å²) in [4.78, 5) is 11.2. The van der Waals surface area contributed by atoms with Gasteiger partial charge in [0.15, 0.2) is 0 Å². The summed E-state index contributed by atoms with van der Waals surface area (Å²) in [6.07, 6.45) is 0.833. The molecular weight excluding hydrogens is 204 g/mol.